The van der Waals surface area contributed by atoms with Gasteiger partial charge >= 0.3 is 0 Å². The highest BCUT2D eigenvalue weighted by Crippen LogP contribution is 2.29. The summed E-state index contributed by atoms with van der Waals surface area (Å²) in [5, 5.41) is 10.7. The van der Waals surface area contributed by atoms with E-state index in [1.807, 2.05) is 0 Å². The minimum Gasteiger partial charge on any atom is -0.381 e. The third-order valence-electron chi connectivity index (χ3n) is 4.72. The summed E-state index contributed by atoms with van der Waals surface area (Å²) in [7, 11) is -3.82. The summed E-state index contributed by atoms with van der Waals surface area (Å²) in [6, 6.07) is 3.37. The number of aromatic nitrogens is 2. The van der Waals surface area contributed by atoms with E-state index in [9.17, 15) is 8.42 Å². The molecule has 2 aromatic rings. The lowest BCUT2D eigenvalue weighted by molar-refractivity contribution is 0.114. The highest BCUT2D eigenvalue weighted by molar-refractivity contribution is 7.89. The number of nitrogens with one attached hydrogen (secondary N) is 2. The molecule has 0 aliphatic carbocycles. The van der Waals surface area contributed by atoms with Gasteiger partial charge < -0.3 is 14.8 Å². The van der Waals surface area contributed by atoms with Gasteiger partial charge in [-0.3, -0.25) is 0 Å². The van der Waals surface area contributed by atoms with Crippen molar-refractivity contribution in [3.05, 3.63) is 12.1 Å². The highest BCUT2D eigenvalue weighted by Gasteiger charge is 2.27. The van der Waals surface area contributed by atoms with Crippen LogP contribution >= 0.6 is 0 Å². The fraction of sp³-hybridized carbons (Fsp3) is 0.625. The third-order valence-corrected chi connectivity index (χ3v) is 6.22. The number of hydrogen-bond acceptors (Lipinski definition) is 8. The Morgan fingerprint density at radius 1 is 1.04 bits per heavy atom. The molecule has 2 atom stereocenters. The van der Waals surface area contributed by atoms with Crippen molar-refractivity contribution < 1.29 is 22.5 Å². The van der Waals surface area contributed by atoms with Crippen LogP contribution in [-0.4, -0.2) is 57.2 Å². The van der Waals surface area contributed by atoms with Gasteiger partial charge in [-0.25, -0.2) is 17.8 Å². The monoisotopic (exact) mass is 382 g/mol. The smallest absolute Gasteiger partial charge is 0.245 e. The first kappa shape index (κ1) is 17.7. The Balaban J connectivity index is 1.59. The van der Waals surface area contributed by atoms with Crippen molar-refractivity contribution in [1.82, 2.24) is 15.0 Å². The molecule has 3 heterocycles. The van der Waals surface area contributed by atoms with Crippen LogP contribution < -0.4 is 10.0 Å². The van der Waals surface area contributed by atoms with Crippen LogP contribution in [0.15, 0.2) is 21.7 Å². The fourth-order valence-corrected chi connectivity index (χ4v) is 4.72. The van der Waals surface area contributed by atoms with E-state index in [-0.39, 0.29) is 29.2 Å². The lowest BCUT2D eigenvalue weighted by Crippen LogP contribution is -2.32. The first-order valence-corrected chi connectivity index (χ1v) is 10.3. The Hall–Kier alpha value is -1.75. The molecule has 2 N–H and O–H groups in total. The Kier molecular flexibility index (Phi) is 5.07. The predicted octanol–water partition coefficient (Wildman–Crippen LogP) is 1.27. The van der Waals surface area contributed by atoms with Crippen LogP contribution in [0.2, 0.25) is 0 Å². The van der Waals surface area contributed by atoms with E-state index in [1.54, 1.807) is 12.1 Å². The summed E-state index contributed by atoms with van der Waals surface area (Å²) in [6.45, 7) is 2.18. The molecule has 0 amide bonds. The van der Waals surface area contributed by atoms with Crippen LogP contribution in [0.1, 0.15) is 25.7 Å². The second-order valence-electron chi connectivity index (χ2n) is 6.58. The molecule has 1 aromatic heterocycles. The molecule has 9 nitrogen and oxygen atoms in total. The first-order chi connectivity index (χ1) is 12.6. The molecule has 1 aromatic carbocycles. The zero-order valence-corrected chi connectivity index (χ0v) is 15.1. The Bertz CT molecular complexity index is 857. The van der Waals surface area contributed by atoms with Gasteiger partial charge in [0.1, 0.15) is 10.4 Å². The van der Waals surface area contributed by atoms with Gasteiger partial charge in [-0.1, -0.05) is 0 Å². The lowest BCUT2D eigenvalue weighted by Gasteiger charge is -2.17. The maximum atomic E-state index is 13.0. The normalized spacial score (nSPS) is 23.7. The number of sulfonamides is 1. The van der Waals surface area contributed by atoms with Crippen molar-refractivity contribution in [3.63, 3.8) is 0 Å². The molecular weight excluding hydrogens is 360 g/mol. The summed E-state index contributed by atoms with van der Waals surface area (Å²) in [5.41, 5.74) is 1.07. The number of anilines is 1. The quantitative estimate of drug-likeness (QED) is 0.736. The van der Waals surface area contributed by atoms with Gasteiger partial charge in [-0.05, 0) is 48.1 Å². The second-order valence-corrected chi connectivity index (χ2v) is 8.28. The van der Waals surface area contributed by atoms with Gasteiger partial charge in [0.05, 0.1) is 17.9 Å². The van der Waals surface area contributed by atoms with Crippen molar-refractivity contribution in [2.45, 2.75) is 42.8 Å². The van der Waals surface area contributed by atoms with E-state index in [1.165, 1.54) is 0 Å². The molecular formula is C16H22N4O5S. The Morgan fingerprint density at radius 2 is 1.77 bits per heavy atom. The van der Waals surface area contributed by atoms with E-state index in [4.69, 9.17) is 14.1 Å². The lowest BCUT2D eigenvalue weighted by atomic mass is 10.2. The van der Waals surface area contributed by atoms with E-state index < -0.39 is 10.0 Å². The van der Waals surface area contributed by atoms with Gasteiger partial charge in [0.15, 0.2) is 5.52 Å². The van der Waals surface area contributed by atoms with Crippen LogP contribution in [0, 0.1) is 0 Å². The summed E-state index contributed by atoms with van der Waals surface area (Å²) in [6.07, 6.45) is 3.76. The zero-order valence-electron chi connectivity index (χ0n) is 14.3. The van der Waals surface area contributed by atoms with Crippen molar-refractivity contribution >= 4 is 26.7 Å². The molecule has 2 aliphatic rings. The summed E-state index contributed by atoms with van der Waals surface area (Å²) >= 11 is 0. The van der Waals surface area contributed by atoms with Gasteiger partial charge in [0.25, 0.3) is 0 Å². The number of hydrogen-bond donors (Lipinski definition) is 2. The minimum atomic E-state index is -3.82. The van der Waals surface area contributed by atoms with Gasteiger partial charge in [0, 0.05) is 26.3 Å². The maximum absolute atomic E-state index is 13.0. The number of ether oxygens (including phenoxy) is 2. The maximum Gasteiger partial charge on any atom is 0.245 e. The summed E-state index contributed by atoms with van der Waals surface area (Å²) < 4.78 is 44.4. The Labute approximate surface area is 151 Å². The fourth-order valence-electron chi connectivity index (χ4n) is 3.35. The van der Waals surface area contributed by atoms with Gasteiger partial charge in [-0.15, -0.1) is 0 Å². The van der Waals surface area contributed by atoms with E-state index >= 15 is 0 Å². The van der Waals surface area contributed by atoms with Gasteiger partial charge in [0.2, 0.25) is 10.0 Å². The topological polar surface area (TPSA) is 116 Å². The van der Waals surface area contributed by atoms with Crippen molar-refractivity contribution in [3.8, 4) is 0 Å². The molecule has 0 unspecified atom stereocenters. The van der Waals surface area contributed by atoms with Crippen molar-refractivity contribution in [1.29, 1.82) is 0 Å². The average molecular weight is 382 g/mol. The molecule has 10 heteroatoms. The van der Waals surface area contributed by atoms with Gasteiger partial charge in [-0.2, -0.15) is 0 Å². The molecule has 142 valence electrons. The molecule has 2 aliphatic heterocycles. The third kappa shape index (κ3) is 3.68. The molecule has 2 fully saturated rings. The number of fused-ring (bicyclic) bond motifs is 1. The zero-order chi connectivity index (χ0) is 18.0. The SMILES string of the molecule is O=S(=O)(NC[C@H]1CCCO1)c1c(NC[C@@H]2CCCO2)ccc2nonc12. The van der Waals surface area contributed by atoms with E-state index in [2.05, 4.69) is 20.4 Å². The molecule has 26 heavy (non-hydrogen) atoms. The van der Waals surface area contributed by atoms with Crippen LogP contribution in [-0.2, 0) is 19.5 Å². The van der Waals surface area contributed by atoms with E-state index in [0.29, 0.717) is 24.4 Å². The molecule has 2 saturated heterocycles. The van der Waals surface area contributed by atoms with Crippen LogP contribution in [0.3, 0.4) is 0 Å². The average Bonchev–Trinajstić information content (AvgIpc) is 3.40. The molecule has 0 spiro atoms. The van der Waals surface area contributed by atoms with Crippen LogP contribution in [0.25, 0.3) is 11.0 Å². The number of rotatable bonds is 7. The number of nitrogens with zero attached hydrogens (tertiary/aromatic N) is 2. The van der Waals surface area contributed by atoms with Crippen LogP contribution in [0.4, 0.5) is 5.69 Å². The van der Waals surface area contributed by atoms with E-state index in [0.717, 1.165) is 32.3 Å². The molecule has 4 rings (SSSR count). The largest absolute Gasteiger partial charge is 0.381 e. The first-order valence-electron chi connectivity index (χ1n) is 8.85. The number of benzene rings is 1. The standard InChI is InChI=1S/C16H22N4O5S/c21-26(22,18-10-12-4-2-8-24-12)16-14(17-9-11-3-1-7-23-11)6-5-13-15(16)20-25-19-13/h5-6,11-12,17-18H,1-4,7-10H2/t11-,12+/m0/s1. The second kappa shape index (κ2) is 7.47. The van der Waals surface area contributed by atoms with Crippen molar-refractivity contribution in [2.24, 2.45) is 0 Å². The molecule has 0 saturated carbocycles. The highest BCUT2D eigenvalue weighted by atomic mass is 32.2. The van der Waals surface area contributed by atoms with Crippen LogP contribution in [0.5, 0.6) is 0 Å². The molecule has 0 radical (unpaired) electrons. The minimum absolute atomic E-state index is 0.0484. The Morgan fingerprint density at radius 3 is 2.46 bits per heavy atom. The summed E-state index contributed by atoms with van der Waals surface area (Å²) in [5.74, 6) is 0. The van der Waals surface area contributed by atoms with Crippen molar-refractivity contribution in [2.75, 3.05) is 31.6 Å². The summed E-state index contributed by atoms with van der Waals surface area (Å²) in [4.78, 5) is 0.0484. The molecule has 0 bridgehead atoms. The predicted molar refractivity (Wildman–Crippen MR) is 93.4 cm³/mol.